The monoisotopic (exact) mass is 615 g/mol. The van der Waals surface area contributed by atoms with Gasteiger partial charge in [0.2, 0.25) is 11.8 Å². The molecule has 244 valence electrons. The van der Waals surface area contributed by atoms with E-state index in [1.165, 1.54) is 12.5 Å². The lowest BCUT2D eigenvalue weighted by atomic mass is 9.83. The van der Waals surface area contributed by atoms with Crippen LogP contribution in [-0.2, 0) is 25.6 Å². The first kappa shape index (κ1) is 36.4. The van der Waals surface area contributed by atoms with Gasteiger partial charge in [0, 0.05) is 24.9 Å². The average molecular weight is 616 g/mol. The summed E-state index contributed by atoms with van der Waals surface area (Å²) in [5.74, 6) is -3.15. The molecule has 0 fully saturated rings. The first-order valence-electron chi connectivity index (χ1n) is 15.2. The molecule has 0 radical (unpaired) electrons. The SMILES string of the molecule is CC(C)CCNC(=O)[C@H](C(C)C)[C@@H](O)[C@H](O)C(=O)[C@H](CC(C)C)NC(=O)[C@H](Cc1cnc[nH]1)NC(=O)COc1ccccc1. The molecule has 2 aromatic rings. The fraction of sp³-hybridized carbons (Fsp3) is 0.594. The van der Waals surface area contributed by atoms with Crippen molar-refractivity contribution in [3.8, 4) is 5.75 Å². The highest BCUT2D eigenvalue weighted by atomic mass is 16.5. The number of nitrogens with zero attached hydrogens (tertiary/aromatic N) is 1. The van der Waals surface area contributed by atoms with E-state index >= 15 is 0 Å². The molecule has 5 atom stereocenters. The van der Waals surface area contributed by atoms with Gasteiger partial charge in [0.25, 0.3) is 5.91 Å². The van der Waals surface area contributed by atoms with E-state index in [0.29, 0.717) is 23.9 Å². The minimum Gasteiger partial charge on any atom is -0.484 e. The Hall–Kier alpha value is -3.77. The summed E-state index contributed by atoms with van der Waals surface area (Å²) in [6.45, 7) is 11.3. The highest BCUT2D eigenvalue weighted by molar-refractivity contribution is 5.95. The second kappa shape index (κ2) is 18.1. The highest BCUT2D eigenvalue weighted by Gasteiger charge is 2.40. The summed E-state index contributed by atoms with van der Waals surface area (Å²) in [6, 6.07) is 6.44. The fourth-order valence-electron chi connectivity index (χ4n) is 4.74. The number of benzene rings is 1. The number of ether oxygens (including phenoxy) is 1. The molecule has 0 aliphatic rings. The molecule has 0 saturated heterocycles. The maximum atomic E-state index is 13.5. The van der Waals surface area contributed by atoms with Crippen molar-refractivity contribution in [2.24, 2.45) is 23.7 Å². The number of amides is 3. The number of carbonyl (C=O) groups is 4. The van der Waals surface area contributed by atoms with Crippen LogP contribution in [0.2, 0.25) is 0 Å². The maximum absolute atomic E-state index is 13.5. The standard InChI is InChI=1S/C32H49N5O7/c1-19(2)12-13-34-32(43)27(21(5)6)29(40)30(41)28(39)24(14-20(3)4)37-31(42)25(15-22-16-33-18-35-22)36-26(38)17-44-23-10-8-7-9-11-23/h7-11,16,18-21,24-25,27,29-30,40-41H,12-15,17H2,1-6H3,(H,33,35)(H,34,43)(H,36,38)(H,37,42)/t24-,25-,27+,29+,30+/m0/s1. The lowest BCUT2D eigenvalue weighted by Gasteiger charge is -2.31. The highest BCUT2D eigenvalue weighted by Crippen LogP contribution is 2.21. The van der Waals surface area contributed by atoms with Gasteiger partial charge >= 0.3 is 0 Å². The first-order chi connectivity index (χ1) is 20.8. The van der Waals surface area contributed by atoms with Crippen molar-refractivity contribution >= 4 is 23.5 Å². The summed E-state index contributed by atoms with van der Waals surface area (Å²) in [6.07, 6.45) is 0.280. The number of aliphatic hydroxyl groups is 2. The molecule has 0 unspecified atom stereocenters. The Morgan fingerprint density at radius 1 is 0.909 bits per heavy atom. The Labute approximate surface area is 259 Å². The third-order valence-electron chi connectivity index (χ3n) is 7.14. The van der Waals surface area contributed by atoms with Crippen LogP contribution in [0.25, 0.3) is 0 Å². The second-order valence-electron chi connectivity index (χ2n) is 12.3. The van der Waals surface area contributed by atoms with E-state index in [1.807, 2.05) is 33.8 Å². The number of hydrogen-bond donors (Lipinski definition) is 6. The van der Waals surface area contributed by atoms with Gasteiger partial charge in [-0.25, -0.2) is 4.98 Å². The van der Waals surface area contributed by atoms with Crippen LogP contribution in [0.5, 0.6) is 5.75 Å². The summed E-state index contributed by atoms with van der Waals surface area (Å²) < 4.78 is 5.50. The molecule has 1 heterocycles. The number of H-pyrrole nitrogens is 1. The molecule has 1 aromatic heterocycles. The zero-order valence-electron chi connectivity index (χ0n) is 26.6. The number of aromatic nitrogens is 2. The van der Waals surface area contributed by atoms with E-state index in [-0.39, 0.29) is 31.3 Å². The van der Waals surface area contributed by atoms with Crippen molar-refractivity contribution in [1.82, 2.24) is 25.9 Å². The lowest BCUT2D eigenvalue weighted by Crippen LogP contribution is -2.57. The summed E-state index contributed by atoms with van der Waals surface area (Å²) >= 11 is 0. The number of rotatable bonds is 19. The molecule has 2 rings (SSSR count). The first-order valence-corrected chi connectivity index (χ1v) is 15.2. The topological polar surface area (TPSA) is 183 Å². The molecule has 0 aliphatic carbocycles. The molecule has 12 heteroatoms. The van der Waals surface area contributed by atoms with Crippen LogP contribution in [0.4, 0.5) is 0 Å². The Kier molecular flexibility index (Phi) is 15.0. The normalized spacial score (nSPS) is 14.9. The van der Waals surface area contributed by atoms with Gasteiger partial charge in [-0.05, 0) is 42.7 Å². The maximum Gasteiger partial charge on any atom is 0.258 e. The Balaban J connectivity index is 2.18. The van der Waals surface area contributed by atoms with Crippen molar-refractivity contribution in [1.29, 1.82) is 0 Å². The van der Waals surface area contributed by atoms with Gasteiger partial charge in [-0.15, -0.1) is 0 Å². The molecular formula is C32H49N5O7. The van der Waals surface area contributed by atoms with E-state index in [1.54, 1.807) is 38.1 Å². The molecule has 0 aliphatic heterocycles. The minimum absolute atomic E-state index is 0.0443. The molecule has 0 spiro atoms. The van der Waals surface area contributed by atoms with E-state index in [4.69, 9.17) is 4.74 Å². The third-order valence-corrected chi connectivity index (χ3v) is 7.14. The summed E-state index contributed by atoms with van der Waals surface area (Å²) in [5, 5.41) is 30.2. The number of nitrogens with one attached hydrogen (secondary N) is 4. The number of Topliss-reactive ketones (excluding diaryl/α,β-unsaturated/α-hetero) is 1. The van der Waals surface area contributed by atoms with Crippen molar-refractivity contribution in [2.45, 2.75) is 85.1 Å². The molecule has 1 aromatic carbocycles. The van der Waals surface area contributed by atoms with Crippen LogP contribution in [0, 0.1) is 23.7 Å². The van der Waals surface area contributed by atoms with E-state index in [2.05, 4.69) is 25.9 Å². The molecule has 3 amide bonds. The van der Waals surface area contributed by atoms with Crippen LogP contribution >= 0.6 is 0 Å². The Morgan fingerprint density at radius 3 is 2.16 bits per heavy atom. The Bertz CT molecular complexity index is 1170. The molecule has 12 nitrogen and oxygen atoms in total. The molecule has 0 bridgehead atoms. The number of aromatic amines is 1. The van der Waals surface area contributed by atoms with Gasteiger partial charge in [-0.1, -0.05) is 59.7 Å². The minimum atomic E-state index is -1.93. The van der Waals surface area contributed by atoms with Gasteiger partial charge in [0.1, 0.15) is 17.9 Å². The predicted molar refractivity (Wildman–Crippen MR) is 165 cm³/mol. The fourth-order valence-corrected chi connectivity index (χ4v) is 4.74. The number of carbonyl (C=O) groups excluding carboxylic acids is 4. The van der Waals surface area contributed by atoms with Crippen LogP contribution in [0.3, 0.4) is 0 Å². The van der Waals surface area contributed by atoms with Crippen molar-refractivity contribution in [2.75, 3.05) is 13.2 Å². The lowest BCUT2D eigenvalue weighted by molar-refractivity contribution is -0.146. The number of ketones is 1. The largest absolute Gasteiger partial charge is 0.484 e. The van der Waals surface area contributed by atoms with Gasteiger partial charge in [-0.2, -0.15) is 0 Å². The van der Waals surface area contributed by atoms with E-state index < -0.39 is 53.7 Å². The van der Waals surface area contributed by atoms with Crippen LogP contribution < -0.4 is 20.7 Å². The molecule has 0 saturated carbocycles. The van der Waals surface area contributed by atoms with Gasteiger partial charge in [-0.3, -0.25) is 19.2 Å². The number of hydrogen-bond acceptors (Lipinski definition) is 8. The predicted octanol–water partition coefficient (Wildman–Crippen LogP) is 1.77. The van der Waals surface area contributed by atoms with Gasteiger partial charge < -0.3 is 35.9 Å². The van der Waals surface area contributed by atoms with Crippen molar-refractivity contribution < 1.29 is 34.1 Å². The molecular weight excluding hydrogens is 566 g/mol. The average Bonchev–Trinajstić information content (AvgIpc) is 3.47. The Morgan fingerprint density at radius 2 is 1.59 bits per heavy atom. The molecule has 44 heavy (non-hydrogen) atoms. The van der Waals surface area contributed by atoms with Gasteiger partial charge in [0.05, 0.1) is 24.4 Å². The van der Waals surface area contributed by atoms with Crippen molar-refractivity contribution in [3.63, 3.8) is 0 Å². The quantitative estimate of drug-likeness (QED) is 0.138. The third kappa shape index (κ3) is 12.1. The van der Waals surface area contributed by atoms with E-state index in [9.17, 15) is 29.4 Å². The summed E-state index contributed by atoms with van der Waals surface area (Å²) in [5.41, 5.74) is 0.569. The smallest absolute Gasteiger partial charge is 0.258 e. The second-order valence-corrected chi connectivity index (χ2v) is 12.3. The number of para-hydroxylation sites is 1. The summed E-state index contributed by atoms with van der Waals surface area (Å²) in [4.78, 5) is 59.6. The summed E-state index contributed by atoms with van der Waals surface area (Å²) in [7, 11) is 0. The van der Waals surface area contributed by atoms with Crippen molar-refractivity contribution in [3.05, 3.63) is 48.5 Å². The van der Waals surface area contributed by atoms with Crippen LogP contribution in [0.15, 0.2) is 42.9 Å². The zero-order valence-corrected chi connectivity index (χ0v) is 26.6. The number of imidazole rings is 1. The van der Waals surface area contributed by atoms with Gasteiger partial charge in [0.15, 0.2) is 12.4 Å². The van der Waals surface area contributed by atoms with Crippen LogP contribution in [0.1, 0.15) is 60.1 Å². The zero-order chi connectivity index (χ0) is 32.8. The molecule has 6 N–H and O–H groups in total. The van der Waals surface area contributed by atoms with Crippen LogP contribution in [-0.4, -0.2) is 81.1 Å². The van der Waals surface area contributed by atoms with E-state index in [0.717, 1.165) is 6.42 Å². The number of aliphatic hydroxyl groups excluding tert-OH is 2.